The number of halogens is 3. The highest BCUT2D eigenvalue weighted by Crippen LogP contribution is 2.45. The van der Waals surface area contributed by atoms with Crippen LogP contribution < -0.4 is 0 Å². The summed E-state index contributed by atoms with van der Waals surface area (Å²) in [6.07, 6.45) is 0. The van der Waals surface area contributed by atoms with Crippen LogP contribution in [0.25, 0.3) is 0 Å². The Hall–Kier alpha value is -1.01. The van der Waals surface area contributed by atoms with Crippen molar-refractivity contribution in [2.45, 2.75) is 0 Å². The number of fused-ring (bicyclic) bond motifs is 1. The zero-order valence-corrected chi connectivity index (χ0v) is 9.56. The van der Waals surface area contributed by atoms with Crippen LogP contribution in [0, 0.1) is 0 Å². The number of hydrogen-bond donors (Lipinski definition) is 2. The Labute approximate surface area is 104 Å². The number of nitrogens with zero attached hydrogens (tertiary/aromatic N) is 1. The maximum Gasteiger partial charge on any atom is 0.289 e. The van der Waals surface area contributed by atoms with E-state index in [0.717, 1.165) is 0 Å². The van der Waals surface area contributed by atoms with E-state index < -0.39 is 23.1 Å². The molecule has 84 valence electrons. The van der Waals surface area contributed by atoms with Gasteiger partial charge in [0.2, 0.25) is 0 Å². The van der Waals surface area contributed by atoms with Crippen molar-refractivity contribution >= 4 is 46.6 Å². The van der Waals surface area contributed by atoms with Crippen LogP contribution in [-0.2, 0) is 0 Å². The fourth-order valence-corrected chi connectivity index (χ4v) is 2.05. The zero-order chi connectivity index (χ0) is 12.2. The Balaban J connectivity index is 2.91. The average Bonchev–Trinajstić information content (AvgIpc) is 2.48. The van der Waals surface area contributed by atoms with Gasteiger partial charge in [-0.15, -0.1) is 5.06 Å². The van der Waals surface area contributed by atoms with Gasteiger partial charge in [0.05, 0.1) is 15.6 Å². The minimum absolute atomic E-state index is 0.164. The van der Waals surface area contributed by atoms with Gasteiger partial charge in [-0.05, 0) is 0 Å². The third-order valence-corrected chi connectivity index (χ3v) is 3.43. The number of amides is 2. The highest BCUT2D eigenvalue weighted by molar-refractivity contribution is 6.51. The monoisotopic (exact) mass is 281 g/mol. The Morgan fingerprint density at radius 1 is 0.875 bits per heavy atom. The van der Waals surface area contributed by atoms with Crippen LogP contribution in [0.5, 0.6) is 5.75 Å². The average molecular weight is 282 g/mol. The molecule has 2 N–H and O–H groups in total. The molecule has 0 unspecified atom stereocenters. The maximum absolute atomic E-state index is 11.4. The Kier molecular flexibility index (Phi) is 2.51. The molecular formula is C8H2Cl3NO4. The van der Waals surface area contributed by atoms with Gasteiger partial charge in [-0.1, -0.05) is 34.8 Å². The second-order valence-corrected chi connectivity index (χ2v) is 4.10. The maximum atomic E-state index is 11.4. The molecule has 1 aromatic carbocycles. The molecular weight excluding hydrogens is 280 g/mol. The molecule has 5 nitrogen and oxygen atoms in total. The quantitative estimate of drug-likeness (QED) is 0.435. The fraction of sp³-hybridized carbons (Fsp3) is 0. The molecule has 0 saturated carbocycles. The summed E-state index contributed by atoms with van der Waals surface area (Å²) in [5, 5.41) is 17.6. The minimum Gasteiger partial charge on any atom is -0.505 e. The molecule has 1 aliphatic heterocycles. The number of phenolic OH excluding ortho intramolecular Hbond substituents is 1. The summed E-state index contributed by atoms with van der Waals surface area (Å²) >= 11 is 16.9. The van der Waals surface area contributed by atoms with Crippen LogP contribution in [0.2, 0.25) is 15.1 Å². The van der Waals surface area contributed by atoms with Crippen molar-refractivity contribution in [1.29, 1.82) is 0 Å². The lowest BCUT2D eigenvalue weighted by molar-refractivity contribution is -0.0327. The number of phenols is 1. The third-order valence-electron chi connectivity index (χ3n) is 2.11. The van der Waals surface area contributed by atoms with Crippen molar-refractivity contribution in [1.82, 2.24) is 5.06 Å². The number of carbonyl (C=O) groups excluding carboxylic acids is 2. The smallest absolute Gasteiger partial charge is 0.289 e. The topological polar surface area (TPSA) is 77.8 Å². The first-order chi connectivity index (χ1) is 7.37. The summed E-state index contributed by atoms with van der Waals surface area (Å²) in [6.45, 7) is 0. The number of hydrogen-bond acceptors (Lipinski definition) is 4. The van der Waals surface area contributed by atoms with Crippen LogP contribution in [0.1, 0.15) is 20.7 Å². The Bertz CT molecular complexity index is 496. The molecule has 0 aliphatic carbocycles. The highest BCUT2D eigenvalue weighted by atomic mass is 35.5. The lowest BCUT2D eigenvalue weighted by Crippen LogP contribution is -2.25. The molecule has 2 amide bonds. The van der Waals surface area contributed by atoms with Gasteiger partial charge in [0, 0.05) is 0 Å². The van der Waals surface area contributed by atoms with Crippen LogP contribution in [0.15, 0.2) is 0 Å². The standard InChI is InChI=1S/C8H2Cl3NO4/c9-3-1-2(6(13)5(11)4(3)10)8(15)12(16)7(1)14/h13,16H. The van der Waals surface area contributed by atoms with Crippen molar-refractivity contribution in [3.63, 3.8) is 0 Å². The van der Waals surface area contributed by atoms with E-state index in [0.29, 0.717) is 0 Å². The van der Waals surface area contributed by atoms with E-state index in [1.54, 1.807) is 0 Å². The van der Waals surface area contributed by atoms with Gasteiger partial charge in [-0.25, -0.2) is 0 Å². The van der Waals surface area contributed by atoms with E-state index in [4.69, 9.17) is 40.0 Å². The number of carbonyl (C=O) groups is 2. The molecule has 0 saturated heterocycles. The SMILES string of the molecule is O=C1c2c(O)c(Cl)c(Cl)c(Cl)c2C(=O)N1O. The van der Waals surface area contributed by atoms with Crippen LogP contribution in [0.3, 0.4) is 0 Å². The summed E-state index contributed by atoms with van der Waals surface area (Å²) in [5.41, 5.74) is -0.812. The summed E-state index contributed by atoms with van der Waals surface area (Å²) < 4.78 is 0. The summed E-state index contributed by atoms with van der Waals surface area (Å²) in [4.78, 5) is 22.8. The van der Waals surface area contributed by atoms with Gasteiger partial charge in [0.25, 0.3) is 11.8 Å². The number of benzene rings is 1. The highest BCUT2D eigenvalue weighted by Gasteiger charge is 2.41. The van der Waals surface area contributed by atoms with E-state index in [9.17, 15) is 14.7 Å². The Morgan fingerprint density at radius 2 is 1.38 bits per heavy atom. The van der Waals surface area contributed by atoms with Gasteiger partial charge in [-0.3, -0.25) is 14.8 Å². The predicted octanol–water partition coefficient (Wildman–Crippen LogP) is 2.34. The molecule has 0 aromatic heterocycles. The van der Waals surface area contributed by atoms with Crippen molar-refractivity contribution < 1.29 is 19.9 Å². The van der Waals surface area contributed by atoms with Crippen LogP contribution in [0.4, 0.5) is 0 Å². The largest absolute Gasteiger partial charge is 0.505 e. The van der Waals surface area contributed by atoms with Gasteiger partial charge in [0.1, 0.15) is 16.3 Å². The molecule has 0 atom stereocenters. The van der Waals surface area contributed by atoms with Crippen molar-refractivity contribution in [3.05, 3.63) is 26.2 Å². The molecule has 16 heavy (non-hydrogen) atoms. The van der Waals surface area contributed by atoms with Gasteiger partial charge in [-0.2, -0.15) is 0 Å². The molecule has 8 heteroatoms. The van der Waals surface area contributed by atoms with E-state index in [1.807, 2.05) is 0 Å². The normalized spacial score (nSPS) is 14.6. The van der Waals surface area contributed by atoms with E-state index in [2.05, 4.69) is 0 Å². The summed E-state index contributed by atoms with van der Waals surface area (Å²) in [7, 11) is 0. The number of aromatic hydroxyl groups is 1. The molecule has 0 radical (unpaired) electrons. The van der Waals surface area contributed by atoms with Crippen LogP contribution >= 0.6 is 34.8 Å². The molecule has 2 rings (SSSR count). The summed E-state index contributed by atoms with van der Waals surface area (Å²) in [5.74, 6) is -2.84. The lowest BCUT2D eigenvalue weighted by Gasteiger charge is -2.06. The second-order valence-electron chi connectivity index (χ2n) is 2.96. The second kappa shape index (κ2) is 3.49. The van der Waals surface area contributed by atoms with E-state index in [-0.39, 0.29) is 25.7 Å². The molecule has 1 aliphatic rings. The molecule has 1 aromatic rings. The first-order valence-electron chi connectivity index (χ1n) is 3.85. The number of hydroxylamine groups is 2. The van der Waals surface area contributed by atoms with E-state index >= 15 is 0 Å². The Morgan fingerprint density at radius 3 is 1.94 bits per heavy atom. The summed E-state index contributed by atoms with van der Waals surface area (Å²) in [6, 6.07) is 0. The van der Waals surface area contributed by atoms with Gasteiger partial charge < -0.3 is 5.11 Å². The molecule has 0 bridgehead atoms. The van der Waals surface area contributed by atoms with Gasteiger partial charge in [0.15, 0.2) is 0 Å². The van der Waals surface area contributed by atoms with Crippen molar-refractivity contribution in [3.8, 4) is 5.75 Å². The van der Waals surface area contributed by atoms with Gasteiger partial charge >= 0.3 is 0 Å². The van der Waals surface area contributed by atoms with Crippen LogP contribution in [-0.4, -0.2) is 27.2 Å². The molecule has 0 spiro atoms. The molecule has 1 heterocycles. The predicted molar refractivity (Wildman–Crippen MR) is 55.4 cm³/mol. The third kappa shape index (κ3) is 1.23. The zero-order valence-electron chi connectivity index (χ0n) is 7.29. The fourth-order valence-electron chi connectivity index (χ4n) is 1.36. The minimum atomic E-state index is -1.10. The van der Waals surface area contributed by atoms with Crippen molar-refractivity contribution in [2.75, 3.05) is 0 Å². The van der Waals surface area contributed by atoms with Crippen molar-refractivity contribution in [2.24, 2.45) is 0 Å². The number of rotatable bonds is 0. The lowest BCUT2D eigenvalue weighted by atomic mass is 10.1. The number of imide groups is 1. The first kappa shape index (κ1) is 11.5. The van der Waals surface area contributed by atoms with E-state index in [1.165, 1.54) is 0 Å². The first-order valence-corrected chi connectivity index (χ1v) is 4.98. The molecule has 0 fully saturated rings.